The second kappa shape index (κ2) is 10.9. The highest BCUT2D eigenvalue weighted by Crippen LogP contribution is 2.23. The van der Waals surface area contributed by atoms with Gasteiger partial charge in [-0.25, -0.2) is 8.78 Å². The second-order valence-corrected chi connectivity index (χ2v) is 5.78. The Bertz CT molecular complexity index is 788. The van der Waals surface area contributed by atoms with E-state index in [1.807, 2.05) is 6.92 Å². The van der Waals surface area contributed by atoms with Crippen molar-refractivity contribution in [2.24, 2.45) is 4.99 Å². The summed E-state index contributed by atoms with van der Waals surface area (Å²) in [7, 11) is 3.16. The van der Waals surface area contributed by atoms with E-state index in [1.54, 1.807) is 32.4 Å². The molecule has 8 heteroatoms. The Balaban J connectivity index is 0.00000364. The molecular weight excluding hydrogens is 467 g/mol. The van der Waals surface area contributed by atoms with E-state index >= 15 is 0 Å². The molecule has 0 aromatic heterocycles. The molecule has 3 N–H and O–H groups in total. The van der Waals surface area contributed by atoms with E-state index in [9.17, 15) is 13.9 Å². The van der Waals surface area contributed by atoms with E-state index in [1.165, 1.54) is 6.07 Å². The van der Waals surface area contributed by atoms with Crippen LogP contribution in [0.25, 0.3) is 0 Å². The summed E-state index contributed by atoms with van der Waals surface area (Å²) >= 11 is 0. The van der Waals surface area contributed by atoms with Crippen LogP contribution in [0.3, 0.4) is 0 Å². The number of hydrogen-bond donors (Lipinski definition) is 3. The third kappa shape index (κ3) is 6.53. The number of aliphatic imine (C=N–C) groups is 1. The number of rotatable bonds is 6. The van der Waals surface area contributed by atoms with Gasteiger partial charge < -0.3 is 20.5 Å². The van der Waals surface area contributed by atoms with Crippen molar-refractivity contribution >= 4 is 29.9 Å². The monoisotopic (exact) mass is 491 g/mol. The summed E-state index contributed by atoms with van der Waals surface area (Å²) in [6, 6.07) is 8.68. The van der Waals surface area contributed by atoms with Crippen molar-refractivity contribution in [1.29, 1.82) is 0 Å². The first-order valence-electron chi connectivity index (χ1n) is 8.22. The zero-order chi connectivity index (χ0) is 19.1. The fraction of sp³-hybridized carbons (Fsp3) is 0.316. The number of ether oxygens (including phenoxy) is 1. The number of nitrogens with zero attached hydrogens (tertiary/aromatic N) is 1. The zero-order valence-corrected chi connectivity index (χ0v) is 17.8. The van der Waals surface area contributed by atoms with Crippen LogP contribution in [0.4, 0.5) is 8.78 Å². The van der Waals surface area contributed by atoms with Crippen LogP contribution < -0.4 is 15.4 Å². The molecule has 0 aliphatic heterocycles. The fourth-order valence-corrected chi connectivity index (χ4v) is 2.46. The molecule has 27 heavy (non-hydrogen) atoms. The first-order chi connectivity index (χ1) is 12.4. The van der Waals surface area contributed by atoms with Crippen LogP contribution in [0, 0.1) is 11.6 Å². The maximum Gasteiger partial charge on any atom is 0.191 e. The predicted molar refractivity (Wildman–Crippen MR) is 113 cm³/mol. The lowest BCUT2D eigenvalue weighted by Crippen LogP contribution is -2.39. The van der Waals surface area contributed by atoms with Crippen LogP contribution in [-0.4, -0.2) is 31.8 Å². The third-order valence-corrected chi connectivity index (χ3v) is 4.00. The Kier molecular flexibility index (Phi) is 9.27. The maximum absolute atomic E-state index is 13.4. The molecule has 0 radical (unpaired) electrons. The van der Waals surface area contributed by atoms with Crippen molar-refractivity contribution in [3.05, 3.63) is 59.2 Å². The van der Waals surface area contributed by atoms with E-state index in [2.05, 4.69) is 15.6 Å². The average molecular weight is 491 g/mol. The van der Waals surface area contributed by atoms with E-state index in [0.29, 0.717) is 30.2 Å². The van der Waals surface area contributed by atoms with Crippen molar-refractivity contribution in [2.45, 2.75) is 19.4 Å². The predicted octanol–water partition coefficient (Wildman–Crippen LogP) is 3.77. The first-order valence-corrected chi connectivity index (χ1v) is 8.22. The Labute approximate surface area is 174 Å². The third-order valence-electron chi connectivity index (χ3n) is 4.00. The standard InChI is InChI=1S/C19H23F2N3O2.HI/c1-12(14-5-7-16(20)17(21)10-14)24-19(22-2)23-9-8-13-4-6-15(26-3)11-18(13)25;/h4-7,10-12,25H,8-9H2,1-3H3,(H2,22,23,24);1H. The molecule has 5 nitrogen and oxygen atoms in total. The van der Waals surface area contributed by atoms with Crippen molar-refractivity contribution in [3.8, 4) is 11.5 Å². The molecule has 0 saturated carbocycles. The highest BCUT2D eigenvalue weighted by Gasteiger charge is 2.11. The lowest BCUT2D eigenvalue weighted by atomic mass is 10.1. The van der Waals surface area contributed by atoms with Gasteiger partial charge in [0.25, 0.3) is 0 Å². The zero-order valence-electron chi connectivity index (χ0n) is 15.4. The largest absolute Gasteiger partial charge is 0.508 e. The fourth-order valence-electron chi connectivity index (χ4n) is 2.46. The van der Waals surface area contributed by atoms with Gasteiger partial charge in [-0.15, -0.1) is 24.0 Å². The summed E-state index contributed by atoms with van der Waals surface area (Å²) in [6.07, 6.45) is 0.579. The SMILES string of the molecule is CN=C(NCCc1ccc(OC)cc1O)NC(C)c1ccc(F)c(F)c1.I. The molecule has 0 aliphatic carbocycles. The summed E-state index contributed by atoms with van der Waals surface area (Å²) in [5.74, 6) is -0.464. The lowest BCUT2D eigenvalue weighted by Gasteiger charge is -2.18. The van der Waals surface area contributed by atoms with Gasteiger partial charge in [-0.3, -0.25) is 4.99 Å². The van der Waals surface area contributed by atoms with Crippen molar-refractivity contribution in [3.63, 3.8) is 0 Å². The van der Waals surface area contributed by atoms with Crippen LogP contribution in [0.15, 0.2) is 41.4 Å². The minimum atomic E-state index is -0.880. The molecule has 0 bridgehead atoms. The lowest BCUT2D eigenvalue weighted by molar-refractivity contribution is 0.406. The van der Waals surface area contributed by atoms with Crippen LogP contribution in [0.1, 0.15) is 24.1 Å². The highest BCUT2D eigenvalue weighted by molar-refractivity contribution is 14.0. The van der Waals surface area contributed by atoms with Crippen molar-refractivity contribution in [2.75, 3.05) is 20.7 Å². The molecule has 1 atom stereocenters. The first kappa shape index (κ1) is 22.9. The molecule has 2 aromatic carbocycles. The molecule has 0 saturated heterocycles. The number of phenols is 1. The molecule has 0 fully saturated rings. The van der Waals surface area contributed by atoms with Crippen molar-refractivity contribution < 1.29 is 18.6 Å². The van der Waals surface area contributed by atoms with Crippen LogP contribution in [-0.2, 0) is 6.42 Å². The minimum absolute atomic E-state index is 0. The highest BCUT2D eigenvalue weighted by atomic mass is 127. The Morgan fingerprint density at radius 2 is 1.93 bits per heavy atom. The van der Waals surface area contributed by atoms with Gasteiger partial charge in [0.1, 0.15) is 11.5 Å². The Morgan fingerprint density at radius 1 is 1.19 bits per heavy atom. The minimum Gasteiger partial charge on any atom is -0.508 e. The Hall–Kier alpha value is -2.10. The molecule has 2 aromatic rings. The Morgan fingerprint density at radius 3 is 2.52 bits per heavy atom. The number of benzene rings is 2. The summed E-state index contributed by atoms with van der Waals surface area (Å²) < 4.78 is 31.5. The van der Waals surface area contributed by atoms with Crippen LogP contribution in [0.5, 0.6) is 11.5 Å². The van der Waals surface area contributed by atoms with Gasteiger partial charge in [-0.2, -0.15) is 0 Å². The van der Waals surface area contributed by atoms with Gasteiger partial charge in [0.05, 0.1) is 13.2 Å². The molecule has 0 amide bonds. The number of nitrogens with one attached hydrogen (secondary N) is 2. The summed E-state index contributed by atoms with van der Waals surface area (Å²) in [4.78, 5) is 4.12. The number of halogens is 3. The van der Waals surface area contributed by atoms with Gasteiger partial charge in [-0.05, 0) is 42.7 Å². The molecular formula is C19H24F2IN3O2. The summed E-state index contributed by atoms with van der Waals surface area (Å²) in [5.41, 5.74) is 1.39. The number of aromatic hydroxyl groups is 1. The van der Waals surface area contributed by atoms with Crippen molar-refractivity contribution in [1.82, 2.24) is 10.6 Å². The molecule has 148 valence electrons. The topological polar surface area (TPSA) is 65.9 Å². The summed E-state index contributed by atoms with van der Waals surface area (Å²) in [5, 5.41) is 16.2. The van der Waals surface area contributed by atoms with E-state index < -0.39 is 11.6 Å². The quantitative estimate of drug-likeness (QED) is 0.327. The van der Waals surface area contributed by atoms with Crippen LogP contribution >= 0.6 is 24.0 Å². The van der Waals surface area contributed by atoms with E-state index in [-0.39, 0.29) is 35.8 Å². The normalized spacial score (nSPS) is 12.1. The van der Waals surface area contributed by atoms with E-state index in [0.717, 1.165) is 17.7 Å². The van der Waals surface area contributed by atoms with Gasteiger partial charge >= 0.3 is 0 Å². The van der Waals surface area contributed by atoms with Gasteiger partial charge in [0, 0.05) is 19.7 Å². The van der Waals surface area contributed by atoms with Gasteiger partial charge in [0.2, 0.25) is 0 Å². The number of hydrogen-bond acceptors (Lipinski definition) is 3. The average Bonchev–Trinajstić information content (AvgIpc) is 2.64. The summed E-state index contributed by atoms with van der Waals surface area (Å²) in [6.45, 7) is 2.36. The molecule has 2 rings (SSSR count). The maximum atomic E-state index is 13.4. The van der Waals surface area contributed by atoms with Gasteiger partial charge in [-0.1, -0.05) is 12.1 Å². The smallest absolute Gasteiger partial charge is 0.191 e. The number of guanidine groups is 1. The second-order valence-electron chi connectivity index (χ2n) is 5.78. The van der Waals surface area contributed by atoms with Gasteiger partial charge in [0.15, 0.2) is 17.6 Å². The molecule has 0 heterocycles. The number of methoxy groups -OCH3 is 1. The number of phenolic OH excluding ortho intramolecular Hbond substituents is 1. The molecule has 0 aliphatic rings. The molecule has 1 unspecified atom stereocenters. The van der Waals surface area contributed by atoms with Crippen LogP contribution in [0.2, 0.25) is 0 Å². The van der Waals surface area contributed by atoms with E-state index in [4.69, 9.17) is 4.74 Å². The molecule has 0 spiro atoms.